The van der Waals surface area contributed by atoms with Gasteiger partial charge in [-0.15, -0.1) is 24.0 Å². The lowest BCUT2D eigenvalue weighted by molar-refractivity contribution is 0.153. The minimum atomic E-state index is 0. The van der Waals surface area contributed by atoms with Crippen molar-refractivity contribution in [3.05, 3.63) is 11.6 Å². The van der Waals surface area contributed by atoms with Gasteiger partial charge in [0.25, 0.3) is 0 Å². The van der Waals surface area contributed by atoms with Crippen molar-refractivity contribution in [2.45, 2.75) is 51.9 Å². The molecule has 25 heavy (non-hydrogen) atoms. The minimum Gasteiger partial charge on any atom is -0.377 e. The van der Waals surface area contributed by atoms with Crippen molar-refractivity contribution < 1.29 is 4.74 Å². The van der Waals surface area contributed by atoms with E-state index in [1.165, 1.54) is 50.9 Å². The van der Waals surface area contributed by atoms with Crippen LogP contribution in [-0.2, 0) is 4.74 Å². The Bertz CT molecular complexity index is 393. The summed E-state index contributed by atoms with van der Waals surface area (Å²) in [4.78, 5) is 7.34. The molecule has 1 fully saturated rings. The van der Waals surface area contributed by atoms with Gasteiger partial charge in [-0.1, -0.05) is 24.5 Å². The van der Waals surface area contributed by atoms with Gasteiger partial charge in [0.2, 0.25) is 0 Å². The smallest absolute Gasteiger partial charge is 0.191 e. The first-order chi connectivity index (χ1) is 11.9. The van der Waals surface area contributed by atoms with E-state index in [1.807, 2.05) is 0 Å². The Morgan fingerprint density at radius 1 is 1.20 bits per heavy atom. The van der Waals surface area contributed by atoms with Crippen LogP contribution in [0.3, 0.4) is 0 Å². The van der Waals surface area contributed by atoms with Gasteiger partial charge in [-0.25, -0.2) is 0 Å². The number of rotatable bonds is 8. The zero-order chi connectivity index (χ0) is 16.9. The summed E-state index contributed by atoms with van der Waals surface area (Å²) in [6.45, 7) is 10.3. The average molecular weight is 464 g/mol. The van der Waals surface area contributed by atoms with Gasteiger partial charge in [-0.3, -0.25) is 4.99 Å². The Morgan fingerprint density at radius 2 is 2.00 bits per heavy atom. The molecule has 2 rings (SSSR count). The number of guanidine groups is 1. The first kappa shape index (κ1) is 22.7. The van der Waals surface area contributed by atoms with Gasteiger partial charge >= 0.3 is 0 Å². The Hall–Kier alpha value is -0.340. The SMILES string of the molecule is CCNC(=NCCCN1CCCCCC1)NCCC1=CCOCC1.I. The van der Waals surface area contributed by atoms with E-state index in [1.54, 1.807) is 0 Å². The van der Waals surface area contributed by atoms with Gasteiger partial charge < -0.3 is 20.3 Å². The molecule has 0 aromatic carbocycles. The Labute approximate surface area is 171 Å². The maximum Gasteiger partial charge on any atom is 0.191 e. The highest BCUT2D eigenvalue weighted by molar-refractivity contribution is 14.0. The zero-order valence-electron chi connectivity index (χ0n) is 15.9. The fourth-order valence-corrected chi connectivity index (χ4v) is 3.32. The van der Waals surface area contributed by atoms with E-state index in [0.29, 0.717) is 0 Å². The maximum atomic E-state index is 5.35. The molecule has 0 spiro atoms. The molecule has 1 saturated heterocycles. The van der Waals surface area contributed by atoms with Gasteiger partial charge in [0.15, 0.2) is 5.96 Å². The molecule has 0 atom stereocenters. The van der Waals surface area contributed by atoms with Crippen molar-refractivity contribution in [2.24, 2.45) is 4.99 Å². The van der Waals surface area contributed by atoms with Gasteiger partial charge in [-0.2, -0.15) is 0 Å². The van der Waals surface area contributed by atoms with Gasteiger partial charge in [0.1, 0.15) is 0 Å². The van der Waals surface area contributed by atoms with Crippen LogP contribution in [0.25, 0.3) is 0 Å². The van der Waals surface area contributed by atoms with E-state index in [0.717, 1.165) is 58.1 Å². The minimum absolute atomic E-state index is 0. The number of ether oxygens (including phenoxy) is 1. The molecule has 0 aromatic heterocycles. The van der Waals surface area contributed by atoms with Crippen LogP contribution in [0.4, 0.5) is 0 Å². The molecule has 6 heteroatoms. The predicted molar refractivity (Wildman–Crippen MR) is 117 cm³/mol. The second-order valence-electron chi connectivity index (χ2n) is 6.73. The van der Waals surface area contributed by atoms with E-state index in [9.17, 15) is 0 Å². The van der Waals surface area contributed by atoms with Gasteiger partial charge in [-0.05, 0) is 58.7 Å². The van der Waals surface area contributed by atoms with Crippen LogP contribution in [0, 0.1) is 0 Å². The molecule has 2 aliphatic heterocycles. The Balaban J connectivity index is 0.00000312. The standard InChI is InChI=1S/C19H36N4O.HI/c1-2-20-19(22-12-8-18-9-16-24-17-10-18)21-11-7-15-23-13-5-3-4-6-14-23;/h9H,2-8,10-17H2,1H3,(H2,20,21,22);1H. The van der Waals surface area contributed by atoms with E-state index in [-0.39, 0.29) is 24.0 Å². The molecule has 0 unspecified atom stereocenters. The fraction of sp³-hybridized carbons (Fsp3) is 0.842. The fourth-order valence-electron chi connectivity index (χ4n) is 3.32. The molecule has 0 aliphatic carbocycles. The van der Waals surface area contributed by atoms with Crippen molar-refractivity contribution in [2.75, 3.05) is 52.5 Å². The summed E-state index contributed by atoms with van der Waals surface area (Å²) in [5, 5.41) is 6.81. The Morgan fingerprint density at radius 3 is 2.68 bits per heavy atom. The van der Waals surface area contributed by atoms with E-state index in [4.69, 9.17) is 9.73 Å². The third-order valence-corrected chi connectivity index (χ3v) is 4.74. The van der Waals surface area contributed by atoms with E-state index < -0.39 is 0 Å². The van der Waals surface area contributed by atoms with Crippen LogP contribution < -0.4 is 10.6 Å². The number of aliphatic imine (C=N–C) groups is 1. The van der Waals surface area contributed by atoms with Crippen molar-refractivity contribution in [1.82, 2.24) is 15.5 Å². The zero-order valence-corrected chi connectivity index (χ0v) is 18.2. The second kappa shape index (κ2) is 14.8. The topological polar surface area (TPSA) is 48.9 Å². The number of halogens is 1. The normalized spacial score (nSPS) is 19.6. The summed E-state index contributed by atoms with van der Waals surface area (Å²) in [5.41, 5.74) is 1.51. The number of hydrogen-bond acceptors (Lipinski definition) is 3. The van der Waals surface area contributed by atoms with Crippen LogP contribution in [0.1, 0.15) is 51.9 Å². The number of nitrogens with one attached hydrogen (secondary N) is 2. The molecule has 146 valence electrons. The lowest BCUT2D eigenvalue weighted by Gasteiger charge is -2.19. The second-order valence-corrected chi connectivity index (χ2v) is 6.73. The Kier molecular flexibility index (Phi) is 13.4. The van der Waals surface area contributed by atoms with Crippen molar-refractivity contribution in [3.63, 3.8) is 0 Å². The molecular formula is C19H37IN4O. The highest BCUT2D eigenvalue weighted by Gasteiger charge is 2.08. The van der Waals surface area contributed by atoms with Gasteiger partial charge in [0, 0.05) is 19.6 Å². The first-order valence-electron chi connectivity index (χ1n) is 9.88. The molecule has 0 amide bonds. The summed E-state index contributed by atoms with van der Waals surface area (Å²) < 4.78 is 5.35. The number of hydrogen-bond donors (Lipinski definition) is 2. The molecule has 2 heterocycles. The van der Waals surface area contributed by atoms with E-state index in [2.05, 4.69) is 28.5 Å². The molecule has 0 aromatic rings. The molecule has 2 aliphatic rings. The van der Waals surface area contributed by atoms with Crippen LogP contribution in [0.15, 0.2) is 16.6 Å². The van der Waals surface area contributed by atoms with Crippen LogP contribution in [0.5, 0.6) is 0 Å². The molecule has 0 radical (unpaired) electrons. The highest BCUT2D eigenvalue weighted by Crippen LogP contribution is 2.11. The maximum absolute atomic E-state index is 5.35. The monoisotopic (exact) mass is 464 g/mol. The van der Waals surface area contributed by atoms with Crippen molar-refractivity contribution in [3.8, 4) is 0 Å². The molecule has 0 saturated carbocycles. The predicted octanol–water partition coefficient (Wildman–Crippen LogP) is 3.16. The first-order valence-corrected chi connectivity index (χ1v) is 9.88. The number of likely N-dealkylation sites (tertiary alicyclic amines) is 1. The van der Waals surface area contributed by atoms with Crippen LogP contribution >= 0.6 is 24.0 Å². The van der Waals surface area contributed by atoms with Crippen LogP contribution in [-0.4, -0.2) is 63.3 Å². The molecular weight excluding hydrogens is 427 g/mol. The number of nitrogens with zero attached hydrogens (tertiary/aromatic N) is 2. The summed E-state index contributed by atoms with van der Waals surface area (Å²) >= 11 is 0. The highest BCUT2D eigenvalue weighted by atomic mass is 127. The lowest BCUT2D eigenvalue weighted by Crippen LogP contribution is -2.38. The van der Waals surface area contributed by atoms with Gasteiger partial charge in [0.05, 0.1) is 13.2 Å². The summed E-state index contributed by atoms with van der Waals surface area (Å²) in [5.74, 6) is 0.959. The summed E-state index contributed by atoms with van der Waals surface area (Å²) in [7, 11) is 0. The van der Waals surface area contributed by atoms with Crippen LogP contribution in [0.2, 0.25) is 0 Å². The third-order valence-electron chi connectivity index (χ3n) is 4.74. The average Bonchev–Trinajstić information content (AvgIpc) is 2.88. The molecule has 0 bridgehead atoms. The third kappa shape index (κ3) is 10.4. The summed E-state index contributed by atoms with van der Waals surface area (Å²) in [6, 6.07) is 0. The lowest BCUT2D eigenvalue weighted by atomic mass is 10.1. The van der Waals surface area contributed by atoms with Crippen molar-refractivity contribution >= 4 is 29.9 Å². The largest absolute Gasteiger partial charge is 0.377 e. The quantitative estimate of drug-likeness (QED) is 0.191. The molecule has 5 nitrogen and oxygen atoms in total. The van der Waals surface area contributed by atoms with E-state index >= 15 is 0 Å². The molecule has 2 N–H and O–H groups in total. The van der Waals surface area contributed by atoms with Crippen molar-refractivity contribution in [1.29, 1.82) is 0 Å². The summed E-state index contributed by atoms with van der Waals surface area (Å²) in [6.07, 6.45) is 11.1.